The number of benzene rings is 1. The van der Waals surface area contributed by atoms with E-state index in [1.807, 2.05) is 41.5 Å². The molecule has 236 valence electrons. The van der Waals surface area contributed by atoms with Crippen LogP contribution in [0.3, 0.4) is 0 Å². The van der Waals surface area contributed by atoms with E-state index in [9.17, 15) is 9.59 Å². The summed E-state index contributed by atoms with van der Waals surface area (Å²) in [5.74, 6) is -0.639. The molecule has 2 rings (SSSR count). The molecule has 1 aromatic rings. The molecular weight excluding hydrogens is 604 g/mol. The minimum Gasteiger partial charge on any atom is -0.457 e. The van der Waals surface area contributed by atoms with E-state index in [0.717, 1.165) is 0 Å². The number of allylic oxidation sites excluding steroid dienone is 1. The molecule has 9 heteroatoms. The summed E-state index contributed by atoms with van der Waals surface area (Å²) in [6.45, 7) is 37.7. The van der Waals surface area contributed by atoms with Gasteiger partial charge in [-0.25, -0.2) is 9.59 Å². The van der Waals surface area contributed by atoms with Gasteiger partial charge in [0.15, 0.2) is 0 Å². The van der Waals surface area contributed by atoms with Crippen molar-refractivity contribution in [3.8, 4) is 0 Å². The summed E-state index contributed by atoms with van der Waals surface area (Å²) in [5, 5.41) is 4.29. The number of carbonyl (C=O) groups excluding carboxylic acids is 2. The van der Waals surface area contributed by atoms with Gasteiger partial charge in [-0.05, 0) is 63.0 Å². The maximum Gasteiger partial charge on any atom is 0.339 e. The number of carbonyl (C=O) groups is 2. The molecule has 0 saturated heterocycles. The number of ether oxygens (including phenoxy) is 2. The summed E-state index contributed by atoms with van der Waals surface area (Å²) >= 11 is 0. The number of esters is 2. The maximum absolute atomic E-state index is 14.8. The second-order valence-electron chi connectivity index (χ2n) is 17.9. The van der Waals surface area contributed by atoms with Crippen molar-refractivity contribution in [1.82, 2.24) is 0 Å². The Labute approximate surface area is 262 Å². The molecule has 0 spiro atoms. The average molecular weight is 663 g/mol. The lowest BCUT2D eigenvalue weighted by molar-refractivity contribution is -0.152. The predicted octanol–water partition coefficient (Wildman–Crippen LogP) is 10.1. The van der Waals surface area contributed by atoms with Gasteiger partial charge >= 0.3 is 11.9 Å². The smallest absolute Gasteiger partial charge is 0.339 e. The van der Waals surface area contributed by atoms with Crippen LogP contribution in [-0.2, 0) is 19.1 Å². The Morgan fingerprint density at radius 3 is 1.40 bits per heavy atom. The molecule has 4 nitrogen and oxygen atoms in total. The van der Waals surface area contributed by atoms with Crippen molar-refractivity contribution in [2.24, 2.45) is 5.41 Å². The summed E-state index contributed by atoms with van der Waals surface area (Å²) in [6, 6.07) is 10.9. The molecule has 0 amide bonds. The second-order valence-corrected chi connectivity index (χ2v) is 56.2. The van der Waals surface area contributed by atoms with Crippen LogP contribution in [0.15, 0.2) is 46.2 Å². The van der Waals surface area contributed by atoms with Crippen molar-refractivity contribution in [3.05, 3.63) is 51.7 Å². The van der Waals surface area contributed by atoms with Gasteiger partial charge < -0.3 is 9.47 Å². The van der Waals surface area contributed by atoms with Crippen molar-refractivity contribution < 1.29 is 19.1 Å². The first-order valence-electron chi connectivity index (χ1n) is 15.3. The van der Waals surface area contributed by atoms with Crippen LogP contribution in [0.2, 0.25) is 58.9 Å². The zero-order valence-electron chi connectivity index (χ0n) is 30.0. The van der Waals surface area contributed by atoms with Gasteiger partial charge in [0.1, 0.15) is 18.0 Å². The van der Waals surface area contributed by atoms with Crippen LogP contribution in [0.4, 0.5) is 0 Å². The minimum atomic E-state index is -2.42. The molecule has 42 heavy (non-hydrogen) atoms. The first-order chi connectivity index (χ1) is 18.5. The summed E-state index contributed by atoms with van der Waals surface area (Å²) in [5.41, 5.74) is -0.221. The molecule has 0 saturated carbocycles. The molecule has 1 aliphatic heterocycles. The highest BCUT2D eigenvalue weighted by atomic mass is 31.5. The largest absolute Gasteiger partial charge is 0.457 e. The fraction of sp³-hybridized carbons (Fsp3) is 0.636. The summed E-state index contributed by atoms with van der Waals surface area (Å²) in [7, 11) is -7.40. The lowest BCUT2D eigenvalue weighted by Crippen LogP contribution is -2.75. The van der Waals surface area contributed by atoms with Gasteiger partial charge in [0.2, 0.25) is 0 Å². The van der Waals surface area contributed by atoms with Crippen LogP contribution in [0.1, 0.15) is 67.9 Å². The van der Waals surface area contributed by atoms with E-state index >= 15 is 0 Å². The van der Waals surface area contributed by atoms with Crippen LogP contribution in [0.5, 0.6) is 0 Å². The van der Waals surface area contributed by atoms with Gasteiger partial charge in [0, 0.05) is 20.4 Å². The highest BCUT2D eigenvalue weighted by Gasteiger charge is 2.71. The molecule has 0 bridgehead atoms. The maximum atomic E-state index is 14.8. The molecule has 0 aliphatic carbocycles. The Kier molecular flexibility index (Phi) is 10.3. The minimum absolute atomic E-state index is 0.182. The third-order valence-corrected chi connectivity index (χ3v) is 66.5. The van der Waals surface area contributed by atoms with Crippen LogP contribution < -0.4 is 0 Å². The van der Waals surface area contributed by atoms with Crippen LogP contribution in [-0.4, -0.2) is 53.2 Å². The summed E-state index contributed by atoms with van der Waals surface area (Å²) < 4.78 is 12.4. The predicted molar refractivity (Wildman–Crippen MR) is 194 cm³/mol. The Hall–Kier alpha value is -1.06. The third kappa shape index (κ3) is 7.41. The molecule has 0 fully saturated rings. The monoisotopic (exact) mass is 662 g/mol. The second kappa shape index (κ2) is 11.7. The highest BCUT2D eigenvalue weighted by molar-refractivity contribution is 8.27. The first kappa shape index (κ1) is 37.1. The Bertz CT molecular complexity index is 1240. The normalized spacial score (nSPS) is 19.1. The van der Waals surface area contributed by atoms with E-state index in [1.54, 1.807) is 5.20 Å². The topological polar surface area (TPSA) is 52.6 Å². The zero-order valence-corrected chi connectivity index (χ0v) is 34.9. The zero-order chi connectivity index (χ0) is 33.1. The number of rotatable bonds is 7. The lowest BCUT2D eigenvalue weighted by atomic mass is 9.94. The SMILES string of the molecule is CC(C)(C)OC(=O)/C(=C(\C(=O)OC(C)(C)C)[Si](C)(C)C)P1C(C(C)(C)C)=C(c2ccccc2)[Si]1([Si](C)(C)C)[Si](C)(C)C. The molecular formula is C33H59O4PSi4. The number of hydrogen-bond acceptors (Lipinski definition) is 4. The van der Waals surface area contributed by atoms with E-state index in [1.165, 1.54) is 10.9 Å². The van der Waals surface area contributed by atoms with Crippen molar-refractivity contribution in [2.75, 3.05) is 0 Å². The van der Waals surface area contributed by atoms with Crippen LogP contribution in [0.25, 0.3) is 5.20 Å². The van der Waals surface area contributed by atoms with E-state index in [0.29, 0.717) is 10.5 Å². The van der Waals surface area contributed by atoms with E-state index in [-0.39, 0.29) is 17.4 Å². The van der Waals surface area contributed by atoms with Gasteiger partial charge in [-0.2, -0.15) is 0 Å². The molecule has 1 aliphatic rings. The number of hydrogen-bond donors (Lipinski definition) is 0. The lowest BCUT2D eigenvalue weighted by Gasteiger charge is -2.66. The van der Waals surface area contributed by atoms with Crippen molar-refractivity contribution in [1.29, 1.82) is 0 Å². The van der Waals surface area contributed by atoms with Gasteiger partial charge in [-0.15, -0.1) is 0 Å². The highest BCUT2D eigenvalue weighted by Crippen LogP contribution is 2.81. The molecule has 1 atom stereocenters. The molecule has 1 unspecified atom stereocenters. The fourth-order valence-electron chi connectivity index (χ4n) is 6.71. The average Bonchev–Trinajstić information content (AvgIpc) is 2.66. The summed E-state index contributed by atoms with van der Waals surface area (Å²) in [4.78, 5) is 29.1. The summed E-state index contributed by atoms with van der Waals surface area (Å²) in [6.07, 6.45) is 0. The Morgan fingerprint density at radius 2 is 1.07 bits per heavy atom. The quantitative estimate of drug-likeness (QED) is 0.126. The van der Waals surface area contributed by atoms with Crippen LogP contribution in [0, 0.1) is 5.41 Å². The van der Waals surface area contributed by atoms with Crippen LogP contribution >= 0.6 is 7.47 Å². The molecule has 0 radical (unpaired) electrons. The van der Waals surface area contributed by atoms with Gasteiger partial charge in [-0.1, -0.05) is 117 Å². The van der Waals surface area contributed by atoms with Gasteiger partial charge in [0.05, 0.1) is 13.4 Å². The molecule has 0 aromatic heterocycles. The fourth-order valence-corrected chi connectivity index (χ4v) is 78.2. The van der Waals surface area contributed by atoms with Crippen molar-refractivity contribution in [2.45, 2.75) is 132 Å². The Balaban J connectivity index is 3.37. The van der Waals surface area contributed by atoms with Gasteiger partial charge in [-0.3, -0.25) is 0 Å². The Morgan fingerprint density at radius 1 is 0.667 bits per heavy atom. The molecule has 1 heterocycles. The van der Waals surface area contributed by atoms with Crippen molar-refractivity contribution >= 4 is 54.6 Å². The van der Waals surface area contributed by atoms with E-state index < -0.39 is 48.7 Å². The van der Waals surface area contributed by atoms with Gasteiger partial charge in [0.25, 0.3) is 0 Å². The van der Waals surface area contributed by atoms with E-state index in [4.69, 9.17) is 9.47 Å². The standard InChI is InChI=1S/C33H59O4PSi4/c1-31(2,3)28-26(24-22-20-19-21-23-24)42(40(13,14)15,41(16,17)18)38(28)25(29(34)36-32(4,5)6)27(39(10,11)12)30(35)37-33(7,8)9/h19-23H,1-18H3/b27-25-. The first-order valence-corrected chi connectivity index (χ1v) is 32.0. The molecule has 0 N–H and O–H groups in total. The molecule has 1 aromatic carbocycles. The van der Waals surface area contributed by atoms with E-state index in [2.05, 4.69) is 110 Å². The van der Waals surface area contributed by atoms with Crippen molar-refractivity contribution in [3.63, 3.8) is 0 Å². The third-order valence-electron chi connectivity index (χ3n) is 7.51.